The highest BCUT2D eigenvalue weighted by Crippen LogP contribution is 2.22. The molecule has 0 aliphatic heterocycles. The van der Waals surface area contributed by atoms with Gasteiger partial charge in [-0.2, -0.15) is 0 Å². The largest absolute Gasteiger partial charge is 0.372 e. The lowest BCUT2D eigenvalue weighted by Crippen LogP contribution is -2.30. The molecular weight excluding hydrogens is 358 g/mol. The number of thiazole rings is 1. The molecule has 6 heteroatoms. The minimum absolute atomic E-state index is 0.00507. The molecule has 146 valence electrons. The first-order valence-electron chi connectivity index (χ1n) is 9.89. The van der Waals surface area contributed by atoms with Crippen molar-refractivity contribution in [2.24, 2.45) is 4.99 Å². The standard InChI is InChI=1S/C21H29N3O2S/c1-4-26-16(3)21-23-18(14-27-21)13-20(25)24-11-10-15(2)12-19(24)22-17-8-6-5-7-9-17/h10-12,14,16-17H,4-9,13H2,1-3H3. The molecule has 27 heavy (non-hydrogen) atoms. The molecule has 1 unspecified atom stereocenters. The Morgan fingerprint density at radius 2 is 2.19 bits per heavy atom. The third-order valence-electron chi connectivity index (χ3n) is 4.91. The predicted octanol–water partition coefficient (Wildman–Crippen LogP) is 4.47. The van der Waals surface area contributed by atoms with E-state index in [-0.39, 0.29) is 18.4 Å². The zero-order valence-corrected chi connectivity index (χ0v) is 17.3. The molecule has 1 aliphatic rings. The number of hydrogen-bond donors (Lipinski definition) is 0. The van der Waals surface area contributed by atoms with E-state index in [1.807, 2.05) is 44.5 Å². The van der Waals surface area contributed by atoms with Gasteiger partial charge in [-0.3, -0.25) is 14.4 Å². The lowest BCUT2D eigenvalue weighted by atomic mass is 9.96. The quantitative estimate of drug-likeness (QED) is 0.735. The molecule has 2 aromatic heterocycles. The number of aryl methyl sites for hydroxylation is 1. The summed E-state index contributed by atoms with van der Waals surface area (Å²) in [7, 11) is 0. The second kappa shape index (κ2) is 9.42. The van der Waals surface area contributed by atoms with Crippen molar-refractivity contribution in [3.05, 3.63) is 45.5 Å². The Kier molecular flexibility index (Phi) is 6.96. The number of carbonyl (C=O) groups excluding carboxylic acids is 1. The SMILES string of the molecule is CCOC(C)c1nc(CC(=O)n2ccc(C)cc2=NC2CCCCC2)cs1. The third kappa shape index (κ3) is 5.36. The number of carbonyl (C=O) groups is 1. The van der Waals surface area contributed by atoms with E-state index in [0.717, 1.165) is 34.6 Å². The zero-order valence-electron chi connectivity index (χ0n) is 16.5. The van der Waals surface area contributed by atoms with Crippen LogP contribution in [0.25, 0.3) is 0 Å². The molecule has 3 rings (SSSR count). The number of ether oxygens (including phenoxy) is 1. The molecule has 2 aromatic rings. The molecule has 2 heterocycles. The monoisotopic (exact) mass is 387 g/mol. The van der Waals surface area contributed by atoms with Gasteiger partial charge >= 0.3 is 0 Å². The Morgan fingerprint density at radius 1 is 1.41 bits per heavy atom. The van der Waals surface area contributed by atoms with Gasteiger partial charge in [0.05, 0.1) is 18.2 Å². The normalized spacial score (nSPS) is 17.2. The van der Waals surface area contributed by atoms with Crippen LogP contribution in [0.5, 0.6) is 0 Å². The van der Waals surface area contributed by atoms with E-state index < -0.39 is 0 Å². The number of hydrogen-bond acceptors (Lipinski definition) is 5. The molecule has 5 nitrogen and oxygen atoms in total. The molecular formula is C21H29N3O2S. The van der Waals surface area contributed by atoms with Gasteiger partial charge in [0.15, 0.2) is 0 Å². The average molecular weight is 388 g/mol. The molecule has 1 atom stereocenters. The Balaban J connectivity index is 1.79. The maximum absolute atomic E-state index is 12.9. The summed E-state index contributed by atoms with van der Waals surface area (Å²) in [4.78, 5) is 22.4. The highest BCUT2D eigenvalue weighted by molar-refractivity contribution is 7.09. The van der Waals surface area contributed by atoms with Gasteiger partial charge in [-0.05, 0) is 51.3 Å². The van der Waals surface area contributed by atoms with E-state index in [0.29, 0.717) is 12.6 Å². The maximum Gasteiger partial charge on any atom is 0.238 e. The fourth-order valence-corrected chi connectivity index (χ4v) is 4.27. The molecule has 0 radical (unpaired) electrons. The summed E-state index contributed by atoms with van der Waals surface area (Å²) in [5.41, 5.74) is 2.68. The average Bonchev–Trinajstić information content (AvgIpc) is 3.11. The van der Waals surface area contributed by atoms with Gasteiger partial charge in [0.2, 0.25) is 5.91 Å². The van der Waals surface area contributed by atoms with Gasteiger partial charge in [-0.25, -0.2) is 4.98 Å². The lowest BCUT2D eigenvalue weighted by Gasteiger charge is -2.18. The second-order valence-corrected chi connectivity index (χ2v) is 8.09. The Labute approximate surface area is 165 Å². The summed E-state index contributed by atoms with van der Waals surface area (Å²) >= 11 is 1.55. The van der Waals surface area contributed by atoms with Gasteiger partial charge in [-0.15, -0.1) is 11.3 Å². The molecule has 1 fully saturated rings. The minimum atomic E-state index is -0.0345. The molecule has 0 bridgehead atoms. The van der Waals surface area contributed by atoms with E-state index in [9.17, 15) is 4.79 Å². The number of pyridine rings is 1. The summed E-state index contributed by atoms with van der Waals surface area (Å²) in [6.07, 6.45) is 8.07. The van der Waals surface area contributed by atoms with Crippen molar-refractivity contribution in [3.63, 3.8) is 0 Å². The molecule has 0 spiro atoms. The van der Waals surface area contributed by atoms with Gasteiger partial charge < -0.3 is 4.74 Å². The summed E-state index contributed by atoms with van der Waals surface area (Å²) in [6, 6.07) is 4.30. The van der Waals surface area contributed by atoms with Crippen LogP contribution in [-0.2, 0) is 11.2 Å². The fourth-order valence-electron chi connectivity index (χ4n) is 3.45. The smallest absolute Gasteiger partial charge is 0.238 e. The fraction of sp³-hybridized carbons (Fsp3) is 0.571. The van der Waals surface area contributed by atoms with Crippen molar-refractivity contribution in [1.29, 1.82) is 0 Å². The molecule has 0 N–H and O–H groups in total. The van der Waals surface area contributed by atoms with E-state index >= 15 is 0 Å². The van der Waals surface area contributed by atoms with Crippen LogP contribution in [0.2, 0.25) is 0 Å². The summed E-state index contributed by atoms with van der Waals surface area (Å²) in [5.74, 6) is 0.00507. The molecule has 0 aromatic carbocycles. The Hall–Kier alpha value is -1.79. The maximum atomic E-state index is 12.9. The third-order valence-corrected chi connectivity index (χ3v) is 5.97. The first-order chi connectivity index (χ1) is 13.1. The van der Waals surface area contributed by atoms with Gasteiger partial charge in [0, 0.05) is 18.2 Å². The summed E-state index contributed by atoms with van der Waals surface area (Å²) in [6.45, 7) is 6.65. The highest BCUT2D eigenvalue weighted by Gasteiger charge is 2.16. The van der Waals surface area contributed by atoms with Crippen LogP contribution in [-0.4, -0.2) is 28.1 Å². The van der Waals surface area contributed by atoms with Crippen molar-refractivity contribution < 1.29 is 9.53 Å². The minimum Gasteiger partial charge on any atom is -0.372 e. The molecule has 1 aliphatic carbocycles. The van der Waals surface area contributed by atoms with E-state index in [1.54, 1.807) is 15.9 Å². The van der Waals surface area contributed by atoms with Crippen molar-refractivity contribution in [2.45, 2.75) is 71.4 Å². The van der Waals surface area contributed by atoms with Gasteiger partial charge in [0.1, 0.15) is 16.6 Å². The van der Waals surface area contributed by atoms with Crippen LogP contribution < -0.4 is 5.49 Å². The van der Waals surface area contributed by atoms with Crippen molar-refractivity contribution >= 4 is 17.2 Å². The first kappa shape index (κ1) is 20.0. The number of aromatic nitrogens is 2. The van der Waals surface area contributed by atoms with Crippen LogP contribution in [0.4, 0.5) is 0 Å². The predicted molar refractivity (Wildman–Crippen MR) is 108 cm³/mol. The van der Waals surface area contributed by atoms with E-state index in [2.05, 4.69) is 4.98 Å². The van der Waals surface area contributed by atoms with E-state index in [1.165, 1.54) is 19.3 Å². The number of rotatable bonds is 6. The molecule has 0 saturated heterocycles. The Morgan fingerprint density at radius 3 is 2.93 bits per heavy atom. The van der Waals surface area contributed by atoms with E-state index in [4.69, 9.17) is 9.73 Å². The summed E-state index contributed by atoms with van der Waals surface area (Å²) in [5, 5.41) is 2.87. The van der Waals surface area contributed by atoms with Crippen LogP contribution in [0.15, 0.2) is 28.7 Å². The van der Waals surface area contributed by atoms with Gasteiger partial charge in [-0.1, -0.05) is 19.3 Å². The highest BCUT2D eigenvalue weighted by atomic mass is 32.1. The van der Waals surface area contributed by atoms with Crippen molar-refractivity contribution in [1.82, 2.24) is 9.55 Å². The van der Waals surface area contributed by atoms with Crippen molar-refractivity contribution in [2.75, 3.05) is 6.61 Å². The molecule has 0 amide bonds. The zero-order chi connectivity index (χ0) is 19.2. The second-order valence-electron chi connectivity index (χ2n) is 7.20. The topological polar surface area (TPSA) is 56.5 Å². The van der Waals surface area contributed by atoms with Crippen LogP contribution >= 0.6 is 11.3 Å². The lowest BCUT2D eigenvalue weighted by molar-refractivity contribution is 0.0759. The van der Waals surface area contributed by atoms with Crippen LogP contribution in [0.3, 0.4) is 0 Å². The van der Waals surface area contributed by atoms with Gasteiger partial charge in [0.25, 0.3) is 0 Å². The van der Waals surface area contributed by atoms with Crippen LogP contribution in [0, 0.1) is 6.92 Å². The summed E-state index contributed by atoms with van der Waals surface area (Å²) < 4.78 is 7.28. The molecule has 1 saturated carbocycles. The van der Waals surface area contributed by atoms with Crippen molar-refractivity contribution in [3.8, 4) is 0 Å². The van der Waals surface area contributed by atoms with Crippen LogP contribution in [0.1, 0.15) is 73.1 Å². The number of nitrogens with zero attached hydrogens (tertiary/aromatic N) is 3. The Bertz CT molecular complexity index is 834. The first-order valence-corrected chi connectivity index (χ1v) is 10.8.